The number of para-hydroxylation sites is 1. The third kappa shape index (κ3) is 4.78. The first-order chi connectivity index (χ1) is 15.1. The number of carbonyl (C=O) groups is 1. The average Bonchev–Trinajstić information content (AvgIpc) is 2.78. The summed E-state index contributed by atoms with van der Waals surface area (Å²) < 4.78 is 61.5. The number of hydrogen-bond donors (Lipinski definition) is 0. The quantitative estimate of drug-likeness (QED) is 0.449. The lowest BCUT2D eigenvalue weighted by molar-refractivity contribution is -0.386. The van der Waals surface area contributed by atoms with Gasteiger partial charge in [-0.2, -0.15) is 13.1 Å². The number of benzene rings is 2. The van der Waals surface area contributed by atoms with E-state index in [1.807, 2.05) is 0 Å². The number of nitrogens with zero attached hydrogens (tertiary/aromatic N) is 3. The molecule has 0 spiro atoms. The van der Waals surface area contributed by atoms with E-state index < -0.39 is 33.2 Å². The van der Waals surface area contributed by atoms with Gasteiger partial charge in [-0.15, -0.1) is 0 Å². The molecule has 1 fully saturated rings. The number of halogens is 2. The Labute approximate surface area is 182 Å². The minimum Gasteiger partial charge on any atom is -0.490 e. The van der Waals surface area contributed by atoms with Crippen LogP contribution in [0.4, 0.5) is 14.5 Å². The first-order valence-electron chi connectivity index (χ1n) is 9.31. The van der Waals surface area contributed by atoms with Crippen LogP contribution >= 0.6 is 0 Å². The number of methoxy groups -OCH3 is 1. The third-order valence-corrected chi connectivity index (χ3v) is 6.74. The monoisotopic (exact) mass is 471 g/mol. The van der Waals surface area contributed by atoms with Crippen molar-refractivity contribution in [3.8, 4) is 11.5 Å². The Hall–Kier alpha value is -3.32. The predicted octanol–water partition coefficient (Wildman–Crippen LogP) is 2.35. The lowest BCUT2D eigenvalue weighted by atomic mass is 10.1. The van der Waals surface area contributed by atoms with Crippen LogP contribution in [0.15, 0.2) is 47.4 Å². The third-order valence-electron chi connectivity index (χ3n) is 4.84. The molecule has 1 saturated heterocycles. The number of hydrogen-bond acceptors (Lipinski definition) is 7. The molecule has 0 bridgehead atoms. The molecule has 13 heteroatoms. The zero-order chi connectivity index (χ0) is 23.5. The molecule has 0 radical (unpaired) electrons. The molecule has 2 aromatic carbocycles. The van der Waals surface area contributed by atoms with E-state index in [0.29, 0.717) is 0 Å². The second-order valence-electron chi connectivity index (χ2n) is 6.66. The fourth-order valence-electron chi connectivity index (χ4n) is 3.27. The van der Waals surface area contributed by atoms with Crippen molar-refractivity contribution in [3.63, 3.8) is 0 Å². The van der Waals surface area contributed by atoms with Gasteiger partial charge < -0.3 is 14.4 Å². The summed E-state index contributed by atoms with van der Waals surface area (Å²) in [4.78, 5) is 24.3. The van der Waals surface area contributed by atoms with Crippen LogP contribution in [0.3, 0.4) is 0 Å². The van der Waals surface area contributed by atoms with Gasteiger partial charge in [-0.05, 0) is 24.3 Å². The highest BCUT2D eigenvalue weighted by atomic mass is 32.2. The minimum absolute atomic E-state index is 0.000671. The van der Waals surface area contributed by atoms with E-state index in [4.69, 9.17) is 4.74 Å². The summed E-state index contributed by atoms with van der Waals surface area (Å²) in [6.07, 6.45) is 0. The lowest BCUT2D eigenvalue weighted by Crippen LogP contribution is -2.50. The van der Waals surface area contributed by atoms with Gasteiger partial charge >= 0.3 is 12.3 Å². The van der Waals surface area contributed by atoms with Crippen molar-refractivity contribution in [3.05, 3.63) is 58.1 Å². The van der Waals surface area contributed by atoms with Gasteiger partial charge in [0.1, 0.15) is 5.75 Å². The summed E-state index contributed by atoms with van der Waals surface area (Å²) in [5.41, 5.74) is -0.548. The van der Waals surface area contributed by atoms with Gasteiger partial charge in [0, 0.05) is 32.2 Å². The van der Waals surface area contributed by atoms with Crippen LogP contribution in [0.5, 0.6) is 11.5 Å². The summed E-state index contributed by atoms with van der Waals surface area (Å²) in [7, 11) is -2.84. The topological polar surface area (TPSA) is 119 Å². The fraction of sp³-hybridized carbons (Fsp3) is 0.316. The van der Waals surface area contributed by atoms with Crippen molar-refractivity contribution in [1.29, 1.82) is 0 Å². The minimum atomic E-state index is -4.07. The molecule has 0 aromatic heterocycles. The number of nitro benzene ring substituents is 1. The molecular weight excluding hydrogens is 452 g/mol. The van der Waals surface area contributed by atoms with E-state index in [-0.39, 0.29) is 48.1 Å². The van der Waals surface area contributed by atoms with E-state index in [2.05, 4.69) is 4.74 Å². The van der Waals surface area contributed by atoms with Crippen LogP contribution < -0.4 is 9.47 Å². The van der Waals surface area contributed by atoms with E-state index in [1.165, 1.54) is 48.4 Å². The number of amides is 1. The molecule has 1 amide bonds. The Kier molecular flexibility index (Phi) is 6.89. The maximum atomic E-state index is 12.9. The van der Waals surface area contributed by atoms with Crippen molar-refractivity contribution in [2.45, 2.75) is 11.5 Å². The number of carbonyl (C=O) groups excluding carboxylic acids is 1. The van der Waals surface area contributed by atoms with E-state index in [0.717, 1.165) is 10.4 Å². The molecule has 0 unspecified atom stereocenters. The van der Waals surface area contributed by atoms with Crippen molar-refractivity contribution < 1.29 is 36.4 Å². The highest BCUT2D eigenvalue weighted by Gasteiger charge is 2.33. The summed E-state index contributed by atoms with van der Waals surface area (Å²) in [6.45, 7) is -3.25. The fourth-order valence-corrected chi connectivity index (χ4v) is 4.71. The molecule has 1 aliphatic heterocycles. The first-order valence-corrected chi connectivity index (χ1v) is 10.7. The number of piperazine rings is 1. The Morgan fingerprint density at radius 3 is 2.34 bits per heavy atom. The second-order valence-corrected chi connectivity index (χ2v) is 8.60. The van der Waals surface area contributed by atoms with Crippen LogP contribution in [0.25, 0.3) is 0 Å². The normalized spacial score (nSPS) is 14.9. The summed E-state index contributed by atoms with van der Waals surface area (Å²) >= 11 is 0. The zero-order valence-electron chi connectivity index (χ0n) is 16.8. The second kappa shape index (κ2) is 9.44. The van der Waals surface area contributed by atoms with Crippen LogP contribution in [-0.4, -0.2) is 68.4 Å². The van der Waals surface area contributed by atoms with Crippen LogP contribution in [0.2, 0.25) is 0 Å². The van der Waals surface area contributed by atoms with Crippen molar-refractivity contribution in [2.75, 3.05) is 33.3 Å². The van der Waals surface area contributed by atoms with Crippen LogP contribution in [0.1, 0.15) is 10.4 Å². The molecule has 32 heavy (non-hydrogen) atoms. The number of nitro groups is 1. The smallest absolute Gasteiger partial charge is 0.387 e. The van der Waals surface area contributed by atoms with Crippen LogP contribution in [0, 0.1) is 10.1 Å². The summed E-state index contributed by atoms with van der Waals surface area (Å²) in [5, 5.41) is 11.2. The summed E-state index contributed by atoms with van der Waals surface area (Å²) in [6, 6.07) is 8.87. The van der Waals surface area contributed by atoms with Gasteiger partial charge in [0.2, 0.25) is 10.0 Å². The van der Waals surface area contributed by atoms with E-state index >= 15 is 0 Å². The van der Waals surface area contributed by atoms with Crippen molar-refractivity contribution >= 4 is 21.6 Å². The largest absolute Gasteiger partial charge is 0.490 e. The lowest BCUT2D eigenvalue weighted by Gasteiger charge is -2.34. The molecule has 1 aliphatic rings. The molecule has 172 valence electrons. The standard InChI is InChI=1S/C19H19F2N3O7S/c1-30-17-7-6-13(12-15(17)24(26)27)32(28,29)23-10-8-22(9-11-23)18(25)14-4-2-3-5-16(14)31-19(20)21/h2-7,12,19H,8-11H2,1H3. The van der Waals surface area contributed by atoms with Crippen molar-refractivity contribution in [2.24, 2.45) is 0 Å². The van der Waals surface area contributed by atoms with Gasteiger partial charge in [-0.25, -0.2) is 8.42 Å². The van der Waals surface area contributed by atoms with Crippen LogP contribution in [-0.2, 0) is 10.0 Å². The Morgan fingerprint density at radius 1 is 1.09 bits per heavy atom. The number of sulfonamides is 1. The highest BCUT2D eigenvalue weighted by molar-refractivity contribution is 7.89. The van der Waals surface area contributed by atoms with E-state index in [9.17, 15) is 32.1 Å². The molecule has 0 atom stereocenters. The molecule has 0 aliphatic carbocycles. The van der Waals surface area contributed by atoms with Gasteiger partial charge in [0.15, 0.2) is 5.75 Å². The molecule has 2 aromatic rings. The number of ether oxygens (including phenoxy) is 2. The maximum Gasteiger partial charge on any atom is 0.387 e. The molecule has 1 heterocycles. The molecule has 0 N–H and O–H groups in total. The zero-order valence-corrected chi connectivity index (χ0v) is 17.6. The first kappa shape index (κ1) is 23.3. The Morgan fingerprint density at radius 2 is 1.75 bits per heavy atom. The van der Waals surface area contributed by atoms with Gasteiger partial charge in [0.25, 0.3) is 5.91 Å². The molecule has 3 rings (SSSR count). The summed E-state index contributed by atoms with van der Waals surface area (Å²) in [5.74, 6) is -0.916. The van der Waals surface area contributed by atoms with Gasteiger partial charge in [0.05, 0.1) is 22.5 Å². The Balaban J connectivity index is 1.75. The maximum absolute atomic E-state index is 12.9. The average molecular weight is 471 g/mol. The molecule has 0 saturated carbocycles. The van der Waals surface area contributed by atoms with Gasteiger partial charge in [-0.3, -0.25) is 14.9 Å². The SMILES string of the molecule is COc1ccc(S(=O)(=O)N2CCN(C(=O)c3ccccc3OC(F)F)CC2)cc1[N+](=O)[O-]. The predicted molar refractivity (Wildman–Crippen MR) is 107 cm³/mol. The number of alkyl halides is 2. The number of rotatable bonds is 7. The van der Waals surface area contributed by atoms with Crippen molar-refractivity contribution in [1.82, 2.24) is 9.21 Å². The van der Waals surface area contributed by atoms with Gasteiger partial charge in [-0.1, -0.05) is 12.1 Å². The highest BCUT2D eigenvalue weighted by Crippen LogP contribution is 2.31. The molecule has 10 nitrogen and oxygen atoms in total. The van der Waals surface area contributed by atoms with E-state index in [1.54, 1.807) is 0 Å². The Bertz CT molecular complexity index is 1120. The molecular formula is C19H19F2N3O7S.